The van der Waals surface area contributed by atoms with Gasteiger partial charge in [0.25, 0.3) is 0 Å². The first kappa shape index (κ1) is 82.8. The van der Waals surface area contributed by atoms with Gasteiger partial charge >= 0.3 is 0 Å². The summed E-state index contributed by atoms with van der Waals surface area (Å²) in [6.07, 6.45) is 4.09. The summed E-state index contributed by atoms with van der Waals surface area (Å²) in [5.74, 6) is -10.1. The number of para-hydroxylation sites is 1. The Morgan fingerprint density at radius 2 is 0.936 bits per heavy atom. The van der Waals surface area contributed by atoms with Crippen molar-refractivity contribution < 1.29 is 62.3 Å². The van der Waals surface area contributed by atoms with Gasteiger partial charge in [0.2, 0.25) is 76.8 Å². The highest BCUT2D eigenvalue weighted by Crippen LogP contribution is 2.33. The van der Waals surface area contributed by atoms with E-state index in [1.165, 1.54) is 19.6 Å². The summed E-state index contributed by atoms with van der Waals surface area (Å²) in [5, 5.41) is 17.5. The highest BCUT2D eigenvalue weighted by Gasteiger charge is 2.49. The van der Waals surface area contributed by atoms with Crippen molar-refractivity contribution >= 4 is 93.7 Å². The smallest absolute Gasteiger partial charge is 0.246 e. The van der Waals surface area contributed by atoms with Crippen LogP contribution in [0.3, 0.4) is 0 Å². The molecule has 0 bridgehead atoms. The van der Waals surface area contributed by atoms with Gasteiger partial charge in [0, 0.05) is 81.9 Å². The van der Waals surface area contributed by atoms with Crippen molar-refractivity contribution in [3.63, 3.8) is 0 Å². The molecular formula is C78H105N19O13. The molecular weight excluding hydrogens is 1410 g/mol. The fraction of sp³-hybridized carbons (Fsp3) is 0.487. The van der Waals surface area contributed by atoms with Crippen molar-refractivity contribution in [2.24, 2.45) is 51.0 Å². The zero-order chi connectivity index (χ0) is 79.0. The van der Waals surface area contributed by atoms with Crippen LogP contribution in [0.15, 0.2) is 126 Å². The summed E-state index contributed by atoms with van der Waals surface area (Å²) in [5.41, 5.74) is 43.9. The van der Waals surface area contributed by atoms with E-state index in [4.69, 9.17) is 40.1 Å². The number of unbranched alkanes of at least 4 members (excludes halogenated alkanes) is 1. The number of fused-ring (bicyclic) bond motifs is 1. The second-order valence-electron chi connectivity index (χ2n) is 28.8. The Labute approximate surface area is 638 Å². The van der Waals surface area contributed by atoms with E-state index in [0.717, 1.165) is 22.0 Å². The standard InChI is InChI=1S/C78H105N19O13/c79-36-13-12-27-57(90-72(105)61-28-15-38-94(61)74(107)53(80)25-14-37-86-78(84)85)75(108)95-39-16-29-62(95)71(104)89-56(32-34-65(82)99)68(101)88-55(31-33-64(81)98)69(102)92-59(43-48-20-6-2-7-21-48)70(103)93-60(44-49-22-8-3-9-23-49)76(109)96-40-17-30-63(96)77(110)97-41-35-50(42-47-18-4-1-5-19-47)66(97)73(106)91-58(67(83)100)45-51-46-87-54-26-11-10-24-52(51)54/h1-11,18-24,26,46,50,53,55-63,66,87H,12-17,25,27-45,79-80H2,(H2,81,98)(H2,82,99)(H2,83,100)(H,88,101)(H,89,104)(H,90,105)(H,91,106)(H,92,102)(H,93,103)(H4,84,85,86)/t50?,53-,55-,56-,57-,58-,59-,60-,61-,62-,63-,66-/m0/s1. The molecule has 0 radical (unpaired) electrons. The number of nitrogens with zero attached hydrogens (tertiary/aromatic N) is 5. The minimum atomic E-state index is -1.66. The molecule has 9 rings (SSSR count). The molecule has 5 aromatic rings. The van der Waals surface area contributed by atoms with Crippen LogP contribution in [0, 0.1) is 5.92 Å². The van der Waals surface area contributed by atoms with Crippen molar-refractivity contribution in [1.29, 1.82) is 0 Å². The second kappa shape index (κ2) is 40.2. The molecule has 4 aliphatic rings. The second-order valence-corrected chi connectivity index (χ2v) is 28.8. The molecule has 4 fully saturated rings. The number of aromatic amines is 1. The first-order valence-electron chi connectivity index (χ1n) is 38.0. The Kier molecular flexibility index (Phi) is 30.3. The first-order chi connectivity index (χ1) is 52.9. The zero-order valence-corrected chi connectivity index (χ0v) is 61.9. The minimum Gasteiger partial charge on any atom is -0.370 e. The molecule has 0 saturated carbocycles. The zero-order valence-electron chi connectivity index (χ0n) is 61.9. The number of carbonyl (C=O) groups excluding carboxylic acids is 13. The Hall–Kier alpha value is -11.3. The van der Waals surface area contributed by atoms with Crippen molar-refractivity contribution in [3.8, 4) is 0 Å². The molecule has 4 aromatic carbocycles. The van der Waals surface area contributed by atoms with Gasteiger partial charge in [0.05, 0.1) is 6.04 Å². The molecule has 1 unspecified atom stereocenters. The lowest BCUT2D eigenvalue weighted by Gasteiger charge is -2.34. The third kappa shape index (κ3) is 22.7. The van der Waals surface area contributed by atoms with Crippen molar-refractivity contribution in [3.05, 3.63) is 144 Å². The van der Waals surface area contributed by atoms with Gasteiger partial charge in [-0.1, -0.05) is 109 Å². The molecule has 0 aliphatic carbocycles. The molecule has 590 valence electrons. The van der Waals surface area contributed by atoms with E-state index < -0.39 is 175 Å². The number of hydrogen-bond donors (Lipinski definition) is 14. The third-order valence-corrected chi connectivity index (χ3v) is 21.0. The Morgan fingerprint density at radius 3 is 1.51 bits per heavy atom. The number of aliphatic imine (C=N–C) groups is 1. The van der Waals surface area contributed by atoms with Crippen LogP contribution in [-0.4, -0.2) is 213 Å². The van der Waals surface area contributed by atoms with E-state index in [9.17, 15) is 47.9 Å². The summed E-state index contributed by atoms with van der Waals surface area (Å²) in [7, 11) is 0. The average Bonchev–Trinajstić information content (AvgIpc) is 1.63. The van der Waals surface area contributed by atoms with Gasteiger partial charge in [-0.15, -0.1) is 0 Å². The van der Waals surface area contributed by atoms with E-state index in [1.54, 1.807) is 66.9 Å². The lowest BCUT2D eigenvalue weighted by molar-refractivity contribution is -0.148. The summed E-state index contributed by atoms with van der Waals surface area (Å²) in [6.45, 7) is 1.09. The van der Waals surface area contributed by atoms with Crippen LogP contribution >= 0.6 is 0 Å². The Morgan fingerprint density at radius 1 is 0.455 bits per heavy atom. The number of rotatable bonds is 39. The predicted molar refractivity (Wildman–Crippen MR) is 409 cm³/mol. The van der Waals surface area contributed by atoms with Crippen LogP contribution in [0.2, 0.25) is 0 Å². The van der Waals surface area contributed by atoms with E-state index >= 15 is 14.4 Å². The summed E-state index contributed by atoms with van der Waals surface area (Å²) in [4.78, 5) is 199. The highest BCUT2D eigenvalue weighted by atomic mass is 16.2. The number of benzene rings is 4. The number of amides is 13. The molecule has 21 N–H and O–H groups in total. The number of nitrogens with two attached hydrogens (primary N) is 7. The largest absolute Gasteiger partial charge is 0.370 e. The van der Waals surface area contributed by atoms with Gasteiger partial charge in [-0.3, -0.25) is 67.3 Å². The van der Waals surface area contributed by atoms with E-state index in [0.29, 0.717) is 68.9 Å². The number of aromatic nitrogens is 1. The van der Waals surface area contributed by atoms with Crippen LogP contribution in [0.1, 0.15) is 125 Å². The molecule has 0 spiro atoms. The summed E-state index contributed by atoms with van der Waals surface area (Å²) in [6, 6.07) is 20.6. The van der Waals surface area contributed by atoms with Crippen molar-refractivity contribution in [2.75, 3.05) is 39.3 Å². The van der Waals surface area contributed by atoms with Gasteiger partial charge in [0.15, 0.2) is 5.96 Å². The number of nitrogens with one attached hydrogen (secondary N) is 7. The topological polar surface area (TPSA) is 517 Å². The maximum atomic E-state index is 15.5. The number of guanidine groups is 1. The SMILES string of the molecule is NCCCC[C@H](NC(=O)[C@@H]1CCCN1C(=O)[C@@H](N)CCCN=C(N)N)C(=O)N1CCC[C@H]1C(=O)N[C@@H](CCC(N)=O)C(=O)N[C@@H](CCC(N)=O)C(=O)N[C@@H](Cc1ccccc1)C(=O)N[C@@H](Cc1ccccc1)C(=O)N1CCC[C@H]1C(=O)N1CCC(Cc2ccccc2)[C@H]1C(=O)N[C@@H](Cc1c[nH]c2ccccc12)C(N)=O. The molecule has 13 amide bonds. The number of primary amides is 3. The molecule has 1 aromatic heterocycles. The number of hydrogen-bond acceptors (Lipinski definition) is 16. The molecule has 4 aliphatic heterocycles. The minimum absolute atomic E-state index is 0.0629. The van der Waals surface area contributed by atoms with Gasteiger partial charge in [-0.05, 0) is 137 Å². The van der Waals surface area contributed by atoms with Gasteiger partial charge in [-0.25, -0.2) is 0 Å². The van der Waals surface area contributed by atoms with Crippen molar-refractivity contribution in [1.82, 2.24) is 56.5 Å². The lowest BCUT2D eigenvalue weighted by atomic mass is 9.91. The predicted octanol–water partition coefficient (Wildman–Crippen LogP) is -0.936. The van der Waals surface area contributed by atoms with E-state index in [-0.39, 0.29) is 90.2 Å². The number of likely N-dealkylation sites (tertiary alicyclic amines) is 4. The maximum absolute atomic E-state index is 15.5. The molecule has 110 heavy (non-hydrogen) atoms. The molecule has 12 atom stereocenters. The first-order valence-corrected chi connectivity index (χ1v) is 38.0. The highest BCUT2D eigenvalue weighted by molar-refractivity contribution is 6.00. The third-order valence-electron chi connectivity index (χ3n) is 21.0. The van der Waals surface area contributed by atoms with Gasteiger partial charge in [-0.2, -0.15) is 0 Å². The van der Waals surface area contributed by atoms with E-state index in [1.807, 2.05) is 54.6 Å². The Balaban J connectivity index is 0.917. The van der Waals surface area contributed by atoms with Crippen LogP contribution in [-0.2, 0) is 88.0 Å². The normalized spacial score (nSPS) is 19.4. The fourth-order valence-electron chi connectivity index (χ4n) is 15.3. The summed E-state index contributed by atoms with van der Waals surface area (Å²) < 4.78 is 0. The van der Waals surface area contributed by atoms with Crippen LogP contribution < -0.4 is 72.0 Å². The quantitative estimate of drug-likeness (QED) is 0.0128. The number of H-pyrrole nitrogens is 1. The lowest BCUT2D eigenvalue weighted by Crippen LogP contribution is -2.61. The van der Waals surface area contributed by atoms with Crippen LogP contribution in [0.5, 0.6) is 0 Å². The average molecular weight is 1520 g/mol. The van der Waals surface area contributed by atoms with E-state index in [2.05, 4.69) is 41.9 Å². The van der Waals surface area contributed by atoms with Crippen LogP contribution in [0.4, 0.5) is 0 Å². The number of carbonyl (C=O) groups is 13. The van der Waals surface area contributed by atoms with Gasteiger partial charge < -0.3 is 96.6 Å². The van der Waals surface area contributed by atoms with Crippen LogP contribution in [0.25, 0.3) is 10.9 Å². The van der Waals surface area contributed by atoms with Crippen molar-refractivity contribution in [2.45, 2.75) is 195 Å². The Bertz CT molecular complexity index is 4090. The molecule has 32 nitrogen and oxygen atoms in total. The maximum Gasteiger partial charge on any atom is 0.246 e. The summed E-state index contributed by atoms with van der Waals surface area (Å²) >= 11 is 0. The fourth-order valence-corrected chi connectivity index (χ4v) is 15.3. The molecule has 5 heterocycles. The monoisotopic (exact) mass is 1520 g/mol. The van der Waals surface area contributed by atoms with Gasteiger partial charge in [0.1, 0.15) is 60.4 Å². The molecule has 32 heteroatoms. The molecule has 4 saturated heterocycles.